The van der Waals surface area contributed by atoms with Gasteiger partial charge in [0.05, 0.1) is 31.8 Å². The number of benzene rings is 4. The van der Waals surface area contributed by atoms with Crippen LogP contribution in [0.3, 0.4) is 0 Å². The summed E-state index contributed by atoms with van der Waals surface area (Å²) in [7, 11) is -6.22. The highest BCUT2D eigenvalue weighted by molar-refractivity contribution is 7.59. The maximum atomic E-state index is 8.44. The van der Waals surface area contributed by atoms with E-state index in [1.807, 2.05) is 0 Å². The minimum atomic E-state index is -3.11. The number of thiazole rings is 2. The third-order valence-electron chi connectivity index (χ3n) is 12.3. The van der Waals surface area contributed by atoms with E-state index < -0.39 is 21.2 Å². The molecule has 0 saturated carbocycles. The lowest BCUT2D eigenvalue weighted by atomic mass is 9.77. The topological polar surface area (TPSA) is 184 Å². The van der Waals surface area contributed by atoms with Crippen LogP contribution in [0, 0.1) is 0 Å². The molecule has 4 aromatic carbocycles. The highest BCUT2D eigenvalue weighted by Gasteiger charge is 2.39. The molecular weight excluding hydrogens is 901 g/mol. The van der Waals surface area contributed by atoms with Crippen molar-refractivity contribution in [3.63, 3.8) is 0 Å². The van der Waals surface area contributed by atoms with Crippen molar-refractivity contribution in [2.45, 2.75) is 117 Å². The minimum Gasteiger partial charge on any atom is -0.371 e. The van der Waals surface area contributed by atoms with Crippen molar-refractivity contribution >= 4 is 97.3 Å². The molecule has 0 amide bonds. The summed E-state index contributed by atoms with van der Waals surface area (Å²) in [6.45, 7) is 19.5. The number of fused-ring (bicyclic) bond motifs is 2. The molecule has 1 unspecified atom stereocenters. The zero-order valence-corrected chi connectivity index (χ0v) is 41.0. The van der Waals surface area contributed by atoms with Crippen LogP contribution in [-0.2, 0) is 40.5 Å². The van der Waals surface area contributed by atoms with Crippen LogP contribution < -0.4 is 9.80 Å². The molecule has 6 heterocycles. The van der Waals surface area contributed by atoms with E-state index in [0.29, 0.717) is 17.8 Å². The van der Waals surface area contributed by atoms with E-state index in [0.717, 1.165) is 58.5 Å². The average Bonchev–Trinajstić information content (AvgIpc) is 3.87. The predicted molar refractivity (Wildman–Crippen MR) is 260 cm³/mol. The first-order valence-corrected chi connectivity index (χ1v) is 25.6. The summed E-state index contributed by atoms with van der Waals surface area (Å²) in [4.78, 5) is 14.5. The Morgan fingerprint density at radius 2 is 1.05 bits per heavy atom. The molecule has 0 N–H and O–H groups in total. The van der Waals surface area contributed by atoms with Crippen molar-refractivity contribution in [3.8, 4) is 0 Å². The van der Waals surface area contributed by atoms with Crippen molar-refractivity contribution in [3.05, 3.63) is 94.0 Å². The first-order chi connectivity index (χ1) is 30.9. The van der Waals surface area contributed by atoms with Gasteiger partial charge in [0, 0.05) is 36.5 Å². The van der Waals surface area contributed by atoms with Gasteiger partial charge in [-0.25, -0.2) is 9.97 Å². The van der Waals surface area contributed by atoms with Crippen LogP contribution in [0.2, 0.25) is 0 Å². The molecule has 4 aliphatic heterocycles. The molecule has 0 aliphatic carbocycles. The van der Waals surface area contributed by atoms with Gasteiger partial charge in [-0.15, -0.1) is 45.7 Å². The quantitative estimate of drug-likeness (QED) is 0.146. The SMILES string of the molecule is CC(C)c1ccc2nc(N=Nc3cc4c5c(c3)C(C)CC(C)(C)N5CCC4)sc2c1.CC(C)c1ccc2nc(N=Nc3cc4c5c(c3)CCCN5CCC4)sc2c1.O=S(=O)=O.O=S(=O)=O. The lowest BCUT2D eigenvalue weighted by molar-refractivity contribution is 0.366. The summed E-state index contributed by atoms with van der Waals surface area (Å²) < 4.78 is 53.0. The average molecular weight is 955 g/mol. The first kappa shape index (κ1) is 47.7. The molecule has 1 atom stereocenters. The van der Waals surface area contributed by atoms with Gasteiger partial charge >= 0.3 is 21.2 Å². The monoisotopic (exact) mass is 954 g/mol. The van der Waals surface area contributed by atoms with Gasteiger partial charge in [-0.3, -0.25) is 0 Å². The van der Waals surface area contributed by atoms with Gasteiger partial charge in [0.15, 0.2) is 0 Å². The van der Waals surface area contributed by atoms with Gasteiger partial charge in [-0.1, -0.05) is 69.4 Å². The van der Waals surface area contributed by atoms with Crippen molar-refractivity contribution in [1.29, 1.82) is 0 Å². The molecule has 0 saturated heterocycles. The fraction of sp³-hybridized carbons (Fsp3) is 0.447. The zero-order valence-electron chi connectivity index (χ0n) is 37.7. The van der Waals surface area contributed by atoms with Crippen LogP contribution in [0.4, 0.5) is 33.0 Å². The molecule has 6 aromatic rings. The van der Waals surface area contributed by atoms with E-state index in [1.165, 1.54) is 92.9 Å². The zero-order chi connectivity index (χ0) is 46.6. The third kappa shape index (κ3) is 11.6. The molecule has 342 valence electrons. The van der Waals surface area contributed by atoms with Crippen LogP contribution in [0.25, 0.3) is 20.4 Å². The highest BCUT2D eigenvalue weighted by atomic mass is 32.2. The molecule has 0 radical (unpaired) electrons. The lowest BCUT2D eigenvalue weighted by Crippen LogP contribution is -2.50. The summed E-state index contributed by atoms with van der Waals surface area (Å²) in [6.07, 6.45) is 8.30. The maximum absolute atomic E-state index is 8.44. The molecule has 4 aliphatic rings. The van der Waals surface area contributed by atoms with E-state index >= 15 is 0 Å². The van der Waals surface area contributed by atoms with E-state index in [4.69, 9.17) is 25.3 Å². The van der Waals surface area contributed by atoms with Crippen LogP contribution in [0.5, 0.6) is 0 Å². The fourth-order valence-corrected chi connectivity index (χ4v) is 11.1. The number of hydrogen-bond donors (Lipinski definition) is 0. The molecular formula is C47H54N8O6S4. The Labute approximate surface area is 391 Å². The highest BCUT2D eigenvalue weighted by Crippen LogP contribution is 2.49. The van der Waals surface area contributed by atoms with E-state index in [2.05, 4.69) is 149 Å². The number of azo groups is 2. The smallest absolute Gasteiger partial charge is 0.371 e. The maximum Gasteiger partial charge on any atom is 0.425 e. The molecule has 10 rings (SSSR count). The molecule has 0 spiro atoms. The standard InChI is InChI=1S/C25H30N4S.C22H24N4S.2O3S/c1-15(2)17-8-9-21-22(12-17)30-24(26-21)28-27-19-11-18-7-6-10-29-23(18)20(13-19)16(3)14-25(29,4)5;1-14(2)15-7-8-19-20(13-15)27-22(23-19)25-24-18-11-16-5-3-9-26-10-4-6-17(12-18)21(16)26;2*1-4(2)3/h8-9,11-13,15-16H,6-7,10,14H2,1-5H3;7-8,11-14H,3-6,9-10H2,1-2H3;;. The minimum absolute atomic E-state index is 0.223. The molecule has 0 bridgehead atoms. The molecule has 2 aromatic heterocycles. The Morgan fingerprint density at radius 3 is 1.51 bits per heavy atom. The van der Waals surface area contributed by atoms with Crippen LogP contribution in [0.15, 0.2) is 81.1 Å². The van der Waals surface area contributed by atoms with Crippen LogP contribution in [-0.4, -0.2) is 60.4 Å². The van der Waals surface area contributed by atoms with Gasteiger partial charge in [0.1, 0.15) is 0 Å². The Morgan fingerprint density at radius 1 is 0.615 bits per heavy atom. The summed E-state index contributed by atoms with van der Waals surface area (Å²) >= 11 is 3.24. The second-order valence-electron chi connectivity index (χ2n) is 18.1. The molecule has 18 heteroatoms. The lowest BCUT2D eigenvalue weighted by Gasteiger charge is -2.50. The van der Waals surface area contributed by atoms with Gasteiger partial charge in [-0.2, -0.15) is 0 Å². The second kappa shape index (κ2) is 20.5. The summed E-state index contributed by atoms with van der Waals surface area (Å²) in [6, 6.07) is 21.9. The van der Waals surface area contributed by atoms with Gasteiger partial charge < -0.3 is 9.80 Å². The summed E-state index contributed by atoms with van der Waals surface area (Å²) in [5, 5.41) is 19.6. The van der Waals surface area contributed by atoms with Crippen molar-refractivity contribution in [1.82, 2.24) is 9.97 Å². The second-order valence-corrected chi connectivity index (χ2v) is 20.9. The summed E-state index contributed by atoms with van der Waals surface area (Å²) in [5.74, 6) is 1.57. The number of aryl methyl sites for hydroxylation is 3. The molecule has 14 nitrogen and oxygen atoms in total. The van der Waals surface area contributed by atoms with Gasteiger partial charge in [0.25, 0.3) is 0 Å². The normalized spacial score (nSPS) is 17.0. The molecule has 0 fully saturated rings. The number of anilines is 2. The fourth-order valence-electron chi connectivity index (χ4n) is 9.47. The Bertz CT molecular complexity index is 2950. The van der Waals surface area contributed by atoms with E-state index in [9.17, 15) is 0 Å². The third-order valence-corrected chi connectivity index (χ3v) is 14.1. The largest absolute Gasteiger partial charge is 0.425 e. The predicted octanol–water partition coefficient (Wildman–Crippen LogP) is 12.4. The van der Waals surface area contributed by atoms with E-state index in [-0.39, 0.29) is 5.54 Å². The Hall–Kier alpha value is -5.30. The summed E-state index contributed by atoms with van der Waals surface area (Å²) in [5.41, 5.74) is 15.5. The molecule has 65 heavy (non-hydrogen) atoms. The number of rotatable bonds is 6. The van der Waals surface area contributed by atoms with Crippen molar-refractivity contribution < 1.29 is 25.3 Å². The van der Waals surface area contributed by atoms with E-state index in [1.54, 1.807) is 22.7 Å². The first-order valence-electron chi connectivity index (χ1n) is 22.0. The van der Waals surface area contributed by atoms with Crippen LogP contribution >= 0.6 is 22.7 Å². The Kier molecular flexibility index (Phi) is 15.0. The van der Waals surface area contributed by atoms with Crippen molar-refractivity contribution in [2.75, 3.05) is 29.4 Å². The van der Waals surface area contributed by atoms with Crippen molar-refractivity contribution in [2.24, 2.45) is 20.5 Å². The number of nitrogens with zero attached hydrogens (tertiary/aromatic N) is 8. The number of aromatic nitrogens is 2. The number of hydrogen-bond acceptors (Lipinski definition) is 16. The Balaban J connectivity index is 0.000000167. The van der Waals surface area contributed by atoms with Gasteiger partial charge in [-0.05, 0) is 158 Å². The van der Waals surface area contributed by atoms with Gasteiger partial charge in [0.2, 0.25) is 10.3 Å². The van der Waals surface area contributed by atoms with Crippen LogP contribution in [0.1, 0.15) is 125 Å².